The van der Waals surface area contributed by atoms with Crippen LogP contribution in [0.1, 0.15) is 49.3 Å². The Morgan fingerprint density at radius 3 is 2.64 bits per heavy atom. The molecule has 5 heterocycles. The maximum absolute atomic E-state index is 5.56. The number of nitrogens with zero attached hydrogens (tertiary/aromatic N) is 7. The SMILES string of the molecule is c1cncc(CNc2nc(N3CCN(Cc4ccc5c(c4)OCO5)CC3)nc3c2ncn3C2CCCCC2)c1. The number of imidazole rings is 1. The minimum atomic E-state index is 0.306. The molecule has 1 saturated carbocycles. The van der Waals surface area contributed by atoms with Crippen molar-refractivity contribution < 1.29 is 9.47 Å². The van der Waals surface area contributed by atoms with Crippen molar-refractivity contribution >= 4 is 22.9 Å². The Morgan fingerprint density at radius 1 is 0.923 bits per heavy atom. The molecule has 2 aliphatic heterocycles. The summed E-state index contributed by atoms with van der Waals surface area (Å²) in [7, 11) is 0. The first-order valence-electron chi connectivity index (χ1n) is 14.0. The number of rotatable bonds is 7. The normalized spacial score (nSPS) is 18.1. The van der Waals surface area contributed by atoms with Crippen LogP contribution in [0.3, 0.4) is 0 Å². The van der Waals surface area contributed by atoms with Crippen LogP contribution in [0.2, 0.25) is 0 Å². The minimum Gasteiger partial charge on any atom is -0.454 e. The van der Waals surface area contributed by atoms with E-state index in [9.17, 15) is 0 Å². The van der Waals surface area contributed by atoms with Crippen LogP contribution in [0.5, 0.6) is 11.5 Å². The predicted molar refractivity (Wildman–Crippen MR) is 149 cm³/mol. The van der Waals surface area contributed by atoms with E-state index in [4.69, 9.17) is 24.4 Å². The molecule has 39 heavy (non-hydrogen) atoms. The van der Waals surface area contributed by atoms with Gasteiger partial charge in [0.2, 0.25) is 12.7 Å². The fourth-order valence-electron chi connectivity index (χ4n) is 5.89. The largest absolute Gasteiger partial charge is 0.454 e. The number of benzene rings is 1. The topological polar surface area (TPSA) is 93.5 Å². The van der Waals surface area contributed by atoms with E-state index in [0.29, 0.717) is 19.4 Å². The fourth-order valence-corrected chi connectivity index (χ4v) is 5.89. The van der Waals surface area contributed by atoms with Crippen LogP contribution in [0.4, 0.5) is 11.8 Å². The lowest BCUT2D eigenvalue weighted by atomic mass is 9.95. The summed E-state index contributed by atoms with van der Waals surface area (Å²) in [6.45, 7) is 5.45. The van der Waals surface area contributed by atoms with Crippen LogP contribution in [0, 0.1) is 0 Å². The van der Waals surface area contributed by atoms with E-state index in [1.165, 1.54) is 37.7 Å². The molecule has 1 aromatic carbocycles. The Labute approximate surface area is 228 Å². The van der Waals surface area contributed by atoms with Crippen molar-refractivity contribution in [2.75, 3.05) is 43.2 Å². The van der Waals surface area contributed by atoms with Crippen LogP contribution in [0.15, 0.2) is 49.1 Å². The van der Waals surface area contributed by atoms with Crippen molar-refractivity contribution in [2.45, 2.75) is 51.2 Å². The van der Waals surface area contributed by atoms with Gasteiger partial charge in [0.05, 0.1) is 6.33 Å². The zero-order chi connectivity index (χ0) is 26.0. The van der Waals surface area contributed by atoms with Gasteiger partial charge in [-0.3, -0.25) is 9.88 Å². The molecule has 0 bridgehead atoms. The van der Waals surface area contributed by atoms with E-state index in [2.05, 4.69) is 42.9 Å². The van der Waals surface area contributed by atoms with E-state index in [1.807, 2.05) is 24.7 Å². The highest BCUT2D eigenvalue weighted by molar-refractivity contribution is 5.84. The number of ether oxygens (including phenoxy) is 2. The van der Waals surface area contributed by atoms with E-state index >= 15 is 0 Å². The van der Waals surface area contributed by atoms with Gasteiger partial charge in [0.25, 0.3) is 0 Å². The van der Waals surface area contributed by atoms with Gasteiger partial charge in [0, 0.05) is 57.7 Å². The second kappa shape index (κ2) is 10.7. The van der Waals surface area contributed by atoms with Crippen molar-refractivity contribution in [3.05, 3.63) is 60.2 Å². The zero-order valence-corrected chi connectivity index (χ0v) is 22.1. The Morgan fingerprint density at radius 2 is 1.79 bits per heavy atom. The summed E-state index contributed by atoms with van der Waals surface area (Å²) in [6.07, 6.45) is 11.9. The number of fused-ring (bicyclic) bond motifs is 2. The number of aromatic nitrogens is 5. The number of pyridine rings is 1. The van der Waals surface area contributed by atoms with Gasteiger partial charge in [-0.05, 0) is 42.2 Å². The molecule has 0 unspecified atom stereocenters. The Balaban J connectivity index is 1.11. The van der Waals surface area contributed by atoms with Crippen LogP contribution >= 0.6 is 0 Å². The molecule has 202 valence electrons. The summed E-state index contributed by atoms with van der Waals surface area (Å²) in [4.78, 5) is 23.9. The van der Waals surface area contributed by atoms with E-state index < -0.39 is 0 Å². The third kappa shape index (κ3) is 5.08. The molecule has 10 heteroatoms. The van der Waals surface area contributed by atoms with Crippen LogP contribution in [0.25, 0.3) is 11.2 Å². The first-order chi connectivity index (χ1) is 19.3. The molecule has 10 nitrogen and oxygen atoms in total. The highest BCUT2D eigenvalue weighted by atomic mass is 16.7. The third-order valence-corrected chi connectivity index (χ3v) is 8.06. The first-order valence-corrected chi connectivity index (χ1v) is 14.0. The molecular weight excluding hydrogens is 492 g/mol. The fraction of sp³-hybridized carbons (Fsp3) is 0.448. The van der Waals surface area contributed by atoms with Crippen LogP contribution < -0.4 is 19.7 Å². The average Bonchev–Trinajstić information content (AvgIpc) is 3.64. The van der Waals surface area contributed by atoms with E-state index in [1.54, 1.807) is 6.20 Å². The summed E-state index contributed by atoms with van der Waals surface area (Å²) < 4.78 is 13.3. The van der Waals surface area contributed by atoms with Crippen molar-refractivity contribution in [3.8, 4) is 11.5 Å². The second-order valence-corrected chi connectivity index (χ2v) is 10.7. The lowest BCUT2D eigenvalue weighted by Gasteiger charge is -2.35. The molecular formula is C29H34N8O2. The van der Waals surface area contributed by atoms with Crippen molar-refractivity contribution in [3.63, 3.8) is 0 Å². The van der Waals surface area contributed by atoms with E-state index in [-0.39, 0.29) is 0 Å². The molecule has 1 aliphatic carbocycles. The predicted octanol–water partition coefficient (Wildman–Crippen LogP) is 4.39. The third-order valence-electron chi connectivity index (χ3n) is 8.06. The Bertz CT molecular complexity index is 1430. The highest BCUT2D eigenvalue weighted by Gasteiger charge is 2.25. The van der Waals surface area contributed by atoms with Gasteiger partial charge in [-0.25, -0.2) is 4.98 Å². The summed E-state index contributed by atoms with van der Waals surface area (Å²) in [5.74, 6) is 3.23. The average molecular weight is 527 g/mol. The number of anilines is 2. The quantitative estimate of drug-likeness (QED) is 0.376. The van der Waals surface area contributed by atoms with Crippen molar-refractivity contribution in [1.29, 1.82) is 0 Å². The van der Waals surface area contributed by atoms with Gasteiger partial charge in [0.15, 0.2) is 28.5 Å². The Kier molecular flexibility index (Phi) is 6.61. The molecule has 2 fully saturated rings. The van der Waals surface area contributed by atoms with Gasteiger partial charge in [-0.15, -0.1) is 0 Å². The zero-order valence-electron chi connectivity index (χ0n) is 22.1. The summed E-state index contributed by atoms with van der Waals surface area (Å²) >= 11 is 0. The Hall–Kier alpha value is -3.92. The van der Waals surface area contributed by atoms with Crippen molar-refractivity contribution in [1.82, 2.24) is 29.4 Å². The molecule has 3 aliphatic rings. The van der Waals surface area contributed by atoms with Gasteiger partial charge < -0.3 is 24.3 Å². The number of hydrogen-bond acceptors (Lipinski definition) is 9. The number of hydrogen-bond donors (Lipinski definition) is 1. The second-order valence-electron chi connectivity index (χ2n) is 10.7. The summed E-state index contributed by atoms with van der Waals surface area (Å²) in [6, 6.07) is 10.7. The molecule has 0 spiro atoms. The molecule has 3 aromatic heterocycles. The van der Waals surface area contributed by atoms with Crippen LogP contribution in [-0.2, 0) is 13.1 Å². The molecule has 0 radical (unpaired) electrons. The van der Waals surface area contributed by atoms with E-state index in [0.717, 1.165) is 72.7 Å². The highest BCUT2D eigenvalue weighted by Crippen LogP contribution is 2.34. The lowest BCUT2D eigenvalue weighted by molar-refractivity contribution is 0.174. The first kappa shape index (κ1) is 24.1. The molecule has 7 rings (SSSR count). The molecule has 0 amide bonds. The molecule has 4 aromatic rings. The molecule has 1 N–H and O–H groups in total. The monoisotopic (exact) mass is 526 g/mol. The number of piperazine rings is 1. The lowest BCUT2D eigenvalue weighted by Crippen LogP contribution is -2.46. The standard InChI is InChI=1S/C29H34N8O2/c1-2-6-23(7-3-1)37-19-32-26-27(31-17-22-5-4-10-30-16-22)33-29(34-28(26)37)36-13-11-35(12-14-36)18-21-8-9-24-25(15-21)39-20-38-24/h4-5,8-10,15-16,19,23H,1-3,6-7,11-14,17-18,20H2,(H,31,33,34). The maximum Gasteiger partial charge on any atom is 0.231 e. The van der Waals surface area contributed by atoms with Crippen LogP contribution in [-0.4, -0.2) is 62.4 Å². The van der Waals surface area contributed by atoms with Crippen molar-refractivity contribution in [2.24, 2.45) is 0 Å². The summed E-state index contributed by atoms with van der Waals surface area (Å²) in [5, 5.41) is 3.54. The summed E-state index contributed by atoms with van der Waals surface area (Å²) in [5.41, 5.74) is 4.12. The minimum absolute atomic E-state index is 0.306. The van der Waals surface area contributed by atoms with Gasteiger partial charge in [-0.1, -0.05) is 31.4 Å². The maximum atomic E-state index is 5.56. The smallest absolute Gasteiger partial charge is 0.231 e. The molecule has 1 saturated heterocycles. The molecule has 0 atom stereocenters. The van der Waals surface area contributed by atoms with Gasteiger partial charge in [0.1, 0.15) is 0 Å². The van der Waals surface area contributed by atoms with Gasteiger partial charge >= 0.3 is 0 Å². The van der Waals surface area contributed by atoms with Gasteiger partial charge in [-0.2, -0.15) is 9.97 Å². The number of nitrogens with one attached hydrogen (secondary N) is 1.